The summed E-state index contributed by atoms with van der Waals surface area (Å²) in [5.74, 6) is -0.302. The summed E-state index contributed by atoms with van der Waals surface area (Å²) in [6.45, 7) is 0.396. The standard InChI is InChI=1S/C23H22ClFN4O3/c24-20-17(2-1-3-18(20)28-12-8-19(30)26-21(28)31)15-4-6-16(7-5-15)29-22(32)27(13-11-25)14-23(29)9-10-23/h1-7H,8-14H2,(H,26,30,31). The Morgan fingerprint density at radius 3 is 2.47 bits per heavy atom. The largest absolute Gasteiger partial charge is 0.328 e. The zero-order valence-electron chi connectivity index (χ0n) is 17.3. The van der Waals surface area contributed by atoms with Gasteiger partial charge in [-0.2, -0.15) is 0 Å². The van der Waals surface area contributed by atoms with Crippen molar-refractivity contribution < 1.29 is 18.8 Å². The van der Waals surface area contributed by atoms with Crippen LogP contribution in [0.2, 0.25) is 5.02 Å². The van der Waals surface area contributed by atoms with Crippen molar-refractivity contribution in [3.05, 3.63) is 47.5 Å². The number of anilines is 2. The molecule has 2 aromatic rings. The van der Waals surface area contributed by atoms with E-state index in [4.69, 9.17) is 11.6 Å². The van der Waals surface area contributed by atoms with Crippen LogP contribution in [0.4, 0.5) is 25.4 Å². The molecule has 0 aromatic heterocycles. The van der Waals surface area contributed by atoms with Crippen molar-refractivity contribution in [1.82, 2.24) is 10.2 Å². The number of nitrogens with one attached hydrogen (secondary N) is 1. The minimum atomic E-state index is -0.549. The highest BCUT2D eigenvalue weighted by Crippen LogP contribution is 2.49. The topological polar surface area (TPSA) is 73.0 Å². The lowest BCUT2D eigenvalue weighted by molar-refractivity contribution is -0.120. The molecule has 2 saturated heterocycles. The molecule has 2 heterocycles. The normalized spacial score (nSPS) is 19.7. The second-order valence-electron chi connectivity index (χ2n) is 8.39. The lowest BCUT2D eigenvalue weighted by Gasteiger charge is -2.28. The summed E-state index contributed by atoms with van der Waals surface area (Å²) in [4.78, 5) is 41.4. The summed E-state index contributed by atoms with van der Waals surface area (Å²) in [6, 6.07) is 12.3. The Morgan fingerprint density at radius 1 is 1.06 bits per heavy atom. The van der Waals surface area contributed by atoms with Crippen molar-refractivity contribution in [3.63, 3.8) is 0 Å². The van der Waals surface area contributed by atoms with E-state index in [1.165, 1.54) is 4.90 Å². The quantitative estimate of drug-likeness (QED) is 0.733. The van der Waals surface area contributed by atoms with Crippen LogP contribution in [-0.4, -0.2) is 54.7 Å². The van der Waals surface area contributed by atoms with Crippen LogP contribution in [0, 0.1) is 0 Å². The third-order valence-corrected chi connectivity index (χ3v) is 6.76. The lowest BCUT2D eigenvalue weighted by Crippen LogP contribution is -2.49. The number of hydrogen-bond acceptors (Lipinski definition) is 3. The van der Waals surface area contributed by atoms with Gasteiger partial charge in [0.15, 0.2) is 0 Å². The number of imide groups is 1. The number of rotatable bonds is 5. The van der Waals surface area contributed by atoms with Gasteiger partial charge in [0.1, 0.15) is 6.67 Å². The van der Waals surface area contributed by atoms with Crippen LogP contribution < -0.4 is 15.1 Å². The van der Waals surface area contributed by atoms with Gasteiger partial charge in [-0.3, -0.25) is 19.9 Å². The van der Waals surface area contributed by atoms with Gasteiger partial charge in [0.25, 0.3) is 0 Å². The SMILES string of the molecule is O=C1CCN(c2cccc(-c3ccc(N4C(=O)N(CCF)CC45CC5)cc3)c2Cl)C(=O)N1. The summed E-state index contributed by atoms with van der Waals surface area (Å²) in [6.07, 6.45) is 2.04. The minimum absolute atomic E-state index is 0.118. The maximum Gasteiger partial charge on any atom is 0.328 e. The Balaban J connectivity index is 1.42. The highest BCUT2D eigenvalue weighted by atomic mass is 35.5. The highest BCUT2D eigenvalue weighted by Gasteiger charge is 2.58. The predicted molar refractivity (Wildman–Crippen MR) is 120 cm³/mol. The molecule has 2 aromatic carbocycles. The Morgan fingerprint density at radius 2 is 1.81 bits per heavy atom. The first kappa shape index (κ1) is 20.8. The van der Waals surface area contributed by atoms with Crippen molar-refractivity contribution >= 4 is 40.9 Å². The molecule has 1 saturated carbocycles. The van der Waals surface area contributed by atoms with Crippen molar-refractivity contribution in [2.45, 2.75) is 24.8 Å². The van der Waals surface area contributed by atoms with E-state index in [9.17, 15) is 18.8 Å². The average molecular weight is 457 g/mol. The zero-order valence-corrected chi connectivity index (χ0v) is 18.1. The predicted octanol–water partition coefficient (Wildman–Crippen LogP) is 4.20. The zero-order chi connectivity index (χ0) is 22.5. The van der Waals surface area contributed by atoms with E-state index in [0.29, 0.717) is 17.3 Å². The molecular weight excluding hydrogens is 435 g/mol. The van der Waals surface area contributed by atoms with E-state index in [1.54, 1.807) is 15.9 Å². The van der Waals surface area contributed by atoms with Crippen LogP contribution in [0.3, 0.4) is 0 Å². The van der Waals surface area contributed by atoms with Crippen LogP contribution in [0.1, 0.15) is 19.3 Å². The highest BCUT2D eigenvalue weighted by molar-refractivity contribution is 6.36. The van der Waals surface area contributed by atoms with E-state index in [0.717, 1.165) is 29.7 Å². The number of halogens is 2. The summed E-state index contributed by atoms with van der Waals surface area (Å²) >= 11 is 6.66. The van der Waals surface area contributed by atoms with Gasteiger partial charge in [-0.25, -0.2) is 14.0 Å². The number of urea groups is 2. The minimum Gasteiger partial charge on any atom is -0.319 e. The van der Waals surface area contributed by atoms with Crippen LogP contribution in [0.15, 0.2) is 42.5 Å². The summed E-state index contributed by atoms with van der Waals surface area (Å²) in [5.41, 5.74) is 2.68. The van der Waals surface area contributed by atoms with Gasteiger partial charge >= 0.3 is 12.1 Å². The fourth-order valence-corrected chi connectivity index (χ4v) is 4.90. The van der Waals surface area contributed by atoms with E-state index < -0.39 is 12.7 Å². The summed E-state index contributed by atoms with van der Waals surface area (Å²) in [7, 11) is 0. The number of carbonyl (C=O) groups excluding carboxylic acids is 3. The van der Waals surface area contributed by atoms with Gasteiger partial charge in [-0.15, -0.1) is 0 Å². The first-order chi connectivity index (χ1) is 15.4. The molecule has 3 fully saturated rings. The lowest BCUT2D eigenvalue weighted by atomic mass is 10.0. The molecule has 3 aliphatic rings. The molecule has 0 atom stereocenters. The third-order valence-electron chi connectivity index (χ3n) is 6.36. The molecule has 1 aliphatic carbocycles. The second-order valence-corrected chi connectivity index (χ2v) is 8.77. The first-order valence-corrected chi connectivity index (χ1v) is 11.0. The molecule has 166 valence electrons. The summed E-state index contributed by atoms with van der Waals surface area (Å²) < 4.78 is 12.8. The number of alkyl halides is 1. The molecule has 1 N–H and O–H groups in total. The van der Waals surface area contributed by atoms with Crippen LogP contribution in [0.5, 0.6) is 0 Å². The van der Waals surface area contributed by atoms with Crippen LogP contribution in [-0.2, 0) is 4.79 Å². The second kappa shape index (κ2) is 7.78. The average Bonchev–Trinajstić information content (AvgIpc) is 3.49. The molecule has 5 amide bonds. The number of amides is 5. The Labute approximate surface area is 189 Å². The number of carbonyl (C=O) groups is 3. The van der Waals surface area contributed by atoms with E-state index in [-0.39, 0.29) is 37.0 Å². The molecule has 9 heteroatoms. The van der Waals surface area contributed by atoms with E-state index in [2.05, 4.69) is 5.32 Å². The fourth-order valence-electron chi connectivity index (χ4n) is 4.56. The van der Waals surface area contributed by atoms with Gasteiger partial charge in [-0.1, -0.05) is 35.9 Å². The monoisotopic (exact) mass is 456 g/mol. The molecule has 7 nitrogen and oxygen atoms in total. The smallest absolute Gasteiger partial charge is 0.319 e. The van der Waals surface area contributed by atoms with Crippen LogP contribution in [0.25, 0.3) is 11.1 Å². The molecule has 0 unspecified atom stereocenters. The number of hydrogen-bond donors (Lipinski definition) is 1. The van der Waals surface area contributed by atoms with Crippen molar-refractivity contribution in [1.29, 1.82) is 0 Å². The van der Waals surface area contributed by atoms with Gasteiger partial charge in [0, 0.05) is 30.8 Å². The Kier molecular flexibility index (Phi) is 5.04. The van der Waals surface area contributed by atoms with Crippen LogP contribution >= 0.6 is 11.6 Å². The molecule has 1 spiro atoms. The fraction of sp³-hybridized carbons (Fsp3) is 0.348. The number of benzene rings is 2. The van der Waals surface area contributed by atoms with Crippen molar-refractivity contribution in [3.8, 4) is 11.1 Å². The molecule has 2 aliphatic heterocycles. The Bertz CT molecular complexity index is 1100. The van der Waals surface area contributed by atoms with Gasteiger partial charge in [-0.05, 0) is 36.6 Å². The van der Waals surface area contributed by atoms with E-state index >= 15 is 0 Å². The maximum absolute atomic E-state index is 12.8. The third kappa shape index (κ3) is 3.39. The molecular formula is C23H22ClFN4O3. The molecule has 5 rings (SSSR count). The first-order valence-electron chi connectivity index (χ1n) is 10.6. The maximum atomic E-state index is 12.8. The van der Waals surface area contributed by atoms with Crippen molar-refractivity contribution in [2.24, 2.45) is 0 Å². The van der Waals surface area contributed by atoms with Gasteiger partial charge < -0.3 is 4.90 Å². The Hall–Kier alpha value is -3.13. The van der Waals surface area contributed by atoms with E-state index in [1.807, 2.05) is 36.4 Å². The molecule has 0 bridgehead atoms. The van der Waals surface area contributed by atoms with Gasteiger partial charge in [0.2, 0.25) is 5.91 Å². The van der Waals surface area contributed by atoms with Crippen molar-refractivity contribution in [2.75, 3.05) is 36.1 Å². The number of nitrogens with zero attached hydrogens (tertiary/aromatic N) is 3. The molecule has 0 radical (unpaired) electrons. The summed E-state index contributed by atoms with van der Waals surface area (Å²) in [5, 5.41) is 2.72. The molecule has 32 heavy (non-hydrogen) atoms. The van der Waals surface area contributed by atoms with Gasteiger partial charge in [0.05, 0.1) is 22.8 Å².